The summed E-state index contributed by atoms with van der Waals surface area (Å²) in [7, 11) is 0. The lowest BCUT2D eigenvalue weighted by atomic mass is 10.00. The molecule has 1 saturated carbocycles. The highest BCUT2D eigenvalue weighted by Crippen LogP contribution is 2.36. The van der Waals surface area contributed by atoms with Gasteiger partial charge in [0.1, 0.15) is 17.2 Å². The molecule has 0 radical (unpaired) electrons. The van der Waals surface area contributed by atoms with E-state index in [2.05, 4.69) is 25.8 Å². The number of nitrogens with zero attached hydrogens (tertiary/aromatic N) is 4. The van der Waals surface area contributed by atoms with Gasteiger partial charge in [-0.1, -0.05) is 54.8 Å². The molecule has 0 spiro atoms. The third-order valence-corrected chi connectivity index (χ3v) is 7.35. The number of aromatic nitrogens is 5. The number of esters is 1. The lowest BCUT2D eigenvalue weighted by molar-refractivity contribution is 0.0518. The molecule has 1 atom stereocenters. The number of benzene rings is 3. The van der Waals surface area contributed by atoms with E-state index in [1.165, 1.54) is 0 Å². The number of carbonyl (C=O) groups is 1. The van der Waals surface area contributed by atoms with Crippen LogP contribution in [0.1, 0.15) is 60.5 Å². The number of tetrazole rings is 1. The Kier molecular flexibility index (Phi) is 7.48. The Morgan fingerprint density at radius 3 is 2.67 bits per heavy atom. The van der Waals surface area contributed by atoms with Crippen molar-refractivity contribution in [3.05, 3.63) is 94.9 Å². The summed E-state index contributed by atoms with van der Waals surface area (Å²) in [4.78, 5) is 16.5. The molecule has 0 bridgehead atoms. The van der Waals surface area contributed by atoms with E-state index < -0.39 is 12.0 Å². The van der Waals surface area contributed by atoms with E-state index in [-0.39, 0.29) is 12.6 Å². The number of H-pyrrole nitrogens is 1. The van der Waals surface area contributed by atoms with Gasteiger partial charge in [-0.2, -0.15) is 4.68 Å². The minimum Gasteiger partial charge on any atom is -0.461 e. The number of para-hydroxylation sites is 1. The Bertz CT molecular complexity index is 1630. The number of aromatic amines is 1. The molecule has 2 heterocycles. The number of rotatable bonds is 9. The average Bonchev–Trinajstić information content (AvgIpc) is 3.73. The molecular formula is C30H29ClN6O3. The van der Waals surface area contributed by atoms with Crippen molar-refractivity contribution in [2.24, 2.45) is 0 Å². The first kappa shape index (κ1) is 26.0. The Labute approximate surface area is 236 Å². The summed E-state index contributed by atoms with van der Waals surface area (Å²) in [5, 5.41) is 18.1. The Morgan fingerprint density at radius 2 is 1.88 bits per heavy atom. The normalized spacial score (nSPS) is 14.4. The lowest BCUT2D eigenvalue weighted by Crippen LogP contribution is -2.34. The minimum absolute atomic E-state index is 0.246. The van der Waals surface area contributed by atoms with Crippen molar-refractivity contribution in [2.45, 2.75) is 44.7 Å². The quantitative estimate of drug-likeness (QED) is 0.203. The monoisotopic (exact) mass is 556 g/mol. The van der Waals surface area contributed by atoms with Crippen LogP contribution in [-0.2, 0) is 4.74 Å². The summed E-state index contributed by atoms with van der Waals surface area (Å²) in [6, 6.07) is 22.5. The van der Waals surface area contributed by atoms with E-state index in [1.54, 1.807) is 11.6 Å². The van der Waals surface area contributed by atoms with Gasteiger partial charge in [0.05, 0.1) is 18.3 Å². The van der Waals surface area contributed by atoms with Crippen LogP contribution in [0.4, 0.5) is 0 Å². The molecule has 10 heteroatoms. The molecule has 9 nitrogen and oxygen atoms in total. The van der Waals surface area contributed by atoms with Crippen molar-refractivity contribution in [3.63, 3.8) is 0 Å². The zero-order valence-electron chi connectivity index (χ0n) is 22.0. The first-order valence-corrected chi connectivity index (χ1v) is 13.8. The third-order valence-electron chi connectivity index (χ3n) is 7.12. The Morgan fingerprint density at radius 1 is 1.07 bits per heavy atom. The Hall–Kier alpha value is -4.21. The van der Waals surface area contributed by atoms with Gasteiger partial charge in [-0.15, -0.1) is 5.10 Å². The maximum atomic E-state index is 13.2. The fraction of sp³-hybridized carbons (Fsp3) is 0.267. The summed E-state index contributed by atoms with van der Waals surface area (Å²) < 4.78 is 13.2. The van der Waals surface area contributed by atoms with Crippen LogP contribution in [0.15, 0.2) is 72.8 Å². The molecular weight excluding hydrogens is 528 g/mol. The number of carbonyl (C=O) groups excluding carboxylic acids is 1. The predicted octanol–water partition coefficient (Wildman–Crippen LogP) is 6.39. The van der Waals surface area contributed by atoms with Gasteiger partial charge in [-0.05, 0) is 66.6 Å². The van der Waals surface area contributed by atoms with E-state index >= 15 is 0 Å². The molecule has 1 aliphatic rings. The van der Waals surface area contributed by atoms with Crippen LogP contribution < -0.4 is 10.1 Å². The van der Waals surface area contributed by atoms with Crippen LogP contribution in [0.2, 0.25) is 5.02 Å². The van der Waals surface area contributed by atoms with Crippen molar-refractivity contribution in [1.29, 1.82) is 0 Å². The van der Waals surface area contributed by atoms with Crippen molar-refractivity contribution in [3.8, 4) is 17.2 Å². The van der Waals surface area contributed by atoms with E-state index in [4.69, 9.17) is 21.1 Å². The van der Waals surface area contributed by atoms with Crippen LogP contribution in [0.5, 0.6) is 11.5 Å². The number of hydrogen-bond acceptors (Lipinski definition) is 7. The zero-order chi connectivity index (χ0) is 27.5. The molecule has 3 aromatic carbocycles. The van der Waals surface area contributed by atoms with E-state index in [0.29, 0.717) is 22.3 Å². The summed E-state index contributed by atoms with van der Waals surface area (Å²) in [6.07, 6.45) is 4.34. The van der Waals surface area contributed by atoms with Gasteiger partial charge in [0.25, 0.3) is 0 Å². The van der Waals surface area contributed by atoms with Crippen molar-refractivity contribution in [2.75, 3.05) is 6.61 Å². The lowest BCUT2D eigenvalue weighted by Gasteiger charge is -2.23. The molecule has 0 amide bonds. The van der Waals surface area contributed by atoms with Crippen LogP contribution in [0, 0.1) is 0 Å². The fourth-order valence-corrected chi connectivity index (χ4v) is 5.50. The topological polar surface area (TPSA) is 107 Å². The molecule has 204 valence electrons. The second-order valence-electron chi connectivity index (χ2n) is 9.77. The van der Waals surface area contributed by atoms with Crippen molar-refractivity contribution < 1.29 is 14.3 Å². The molecule has 0 saturated heterocycles. The summed E-state index contributed by atoms with van der Waals surface area (Å²) >= 11 is 6.32. The predicted molar refractivity (Wildman–Crippen MR) is 152 cm³/mol. The number of fused-ring (bicyclic) bond motifs is 1. The highest BCUT2D eigenvalue weighted by molar-refractivity contribution is 6.31. The minimum atomic E-state index is -0.508. The van der Waals surface area contributed by atoms with E-state index in [1.807, 2.05) is 72.8 Å². The molecule has 2 aromatic heterocycles. The molecule has 0 aliphatic heterocycles. The van der Waals surface area contributed by atoms with Crippen LogP contribution in [0.25, 0.3) is 16.6 Å². The Balaban J connectivity index is 1.47. The number of ether oxygens (including phenoxy) is 2. The molecule has 6 rings (SSSR count). The average molecular weight is 557 g/mol. The van der Waals surface area contributed by atoms with Crippen LogP contribution in [-0.4, -0.2) is 43.8 Å². The van der Waals surface area contributed by atoms with Gasteiger partial charge in [0.2, 0.25) is 0 Å². The molecule has 1 aliphatic carbocycles. The van der Waals surface area contributed by atoms with Gasteiger partial charge in [0, 0.05) is 33.6 Å². The van der Waals surface area contributed by atoms with Gasteiger partial charge >= 0.3 is 5.97 Å². The second kappa shape index (κ2) is 11.5. The van der Waals surface area contributed by atoms with Crippen molar-refractivity contribution in [1.82, 2.24) is 30.5 Å². The third kappa shape index (κ3) is 5.30. The maximum absolute atomic E-state index is 13.2. The maximum Gasteiger partial charge on any atom is 0.355 e. The summed E-state index contributed by atoms with van der Waals surface area (Å²) in [5.74, 6) is 1.48. The fourth-order valence-electron chi connectivity index (χ4n) is 5.33. The van der Waals surface area contributed by atoms with E-state index in [9.17, 15) is 4.79 Å². The van der Waals surface area contributed by atoms with Crippen LogP contribution >= 0.6 is 11.6 Å². The zero-order valence-corrected chi connectivity index (χ0v) is 22.8. The molecule has 5 aromatic rings. The highest BCUT2D eigenvalue weighted by Gasteiger charge is 2.33. The van der Waals surface area contributed by atoms with Crippen LogP contribution in [0.3, 0.4) is 0 Å². The number of nitrogens with one attached hydrogen (secondary N) is 2. The second-order valence-corrected chi connectivity index (χ2v) is 10.2. The molecule has 1 fully saturated rings. The highest BCUT2D eigenvalue weighted by atomic mass is 35.5. The first-order chi connectivity index (χ1) is 19.6. The van der Waals surface area contributed by atoms with E-state index in [0.717, 1.165) is 53.6 Å². The van der Waals surface area contributed by atoms with Gasteiger partial charge in [0.15, 0.2) is 5.82 Å². The van der Waals surface area contributed by atoms with Gasteiger partial charge < -0.3 is 19.8 Å². The summed E-state index contributed by atoms with van der Waals surface area (Å²) in [6.45, 7) is 2.04. The summed E-state index contributed by atoms with van der Waals surface area (Å²) in [5.41, 5.74) is 2.54. The standard InChI is InChI=1S/C30H29ClN6O3/c1-2-39-30(38)28-26(24-16-15-19(31)17-25(24)33-28)27(32-20-9-6-7-10-20)29-34-35-36-37(29)21-11-8-14-23(18-21)40-22-12-4-3-5-13-22/h3-5,8,11-18,20,27,32-33H,2,6-7,9-10H2,1H3. The largest absolute Gasteiger partial charge is 0.461 e. The number of halogens is 1. The number of hydrogen-bond donors (Lipinski definition) is 2. The molecule has 2 N–H and O–H groups in total. The molecule has 1 unspecified atom stereocenters. The van der Waals surface area contributed by atoms with Gasteiger partial charge in [-0.25, -0.2) is 4.79 Å². The first-order valence-electron chi connectivity index (χ1n) is 13.5. The molecule has 40 heavy (non-hydrogen) atoms. The van der Waals surface area contributed by atoms with Gasteiger partial charge in [-0.3, -0.25) is 0 Å². The smallest absolute Gasteiger partial charge is 0.355 e. The van der Waals surface area contributed by atoms with Crippen molar-refractivity contribution >= 4 is 28.5 Å². The SMILES string of the molecule is CCOC(=O)c1[nH]c2cc(Cl)ccc2c1C(NC1CCCC1)c1nnnn1-c1cccc(Oc2ccccc2)c1.